The summed E-state index contributed by atoms with van der Waals surface area (Å²) in [6, 6.07) is 20.8. The Bertz CT molecular complexity index is 1100. The zero-order valence-corrected chi connectivity index (χ0v) is 14.4. The van der Waals surface area contributed by atoms with Crippen molar-refractivity contribution in [2.75, 3.05) is 0 Å². The van der Waals surface area contributed by atoms with Crippen LogP contribution in [0.2, 0.25) is 0 Å². The monoisotopic (exact) mass is 310 g/mol. The zero-order valence-electron chi connectivity index (χ0n) is 14.4. The van der Waals surface area contributed by atoms with Crippen LogP contribution in [0.5, 0.6) is 0 Å². The standard InChI is InChI=1S/C24H22/c1-3-16-7-8-20-18(16)10-12-24-22(20)14-13-21-19-6-4-5-15(2)17(19)9-11-23(21)24/h4-6,9-14,16H,3,7-8H2,1-2H3/t16-/m0/s1. The van der Waals surface area contributed by atoms with E-state index in [9.17, 15) is 0 Å². The minimum atomic E-state index is 0.763. The Morgan fingerprint density at radius 3 is 2.17 bits per heavy atom. The predicted molar refractivity (Wildman–Crippen MR) is 105 cm³/mol. The third kappa shape index (κ3) is 1.80. The molecule has 0 spiro atoms. The lowest BCUT2D eigenvalue weighted by Crippen LogP contribution is -1.91. The molecular weight excluding hydrogens is 288 g/mol. The van der Waals surface area contributed by atoms with Crippen LogP contribution in [0.25, 0.3) is 32.3 Å². The van der Waals surface area contributed by atoms with Crippen molar-refractivity contribution >= 4 is 32.3 Å². The molecule has 0 fully saturated rings. The highest BCUT2D eigenvalue weighted by molar-refractivity contribution is 6.18. The van der Waals surface area contributed by atoms with Crippen LogP contribution in [-0.4, -0.2) is 0 Å². The minimum Gasteiger partial charge on any atom is -0.0648 e. The first-order valence-electron chi connectivity index (χ1n) is 9.14. The van der Waals surface area contributed by atoms with E-state index in [1.807, 2.05) is 0 Å². The Morgan fingerprint density at radius 2 is 1.38 bits per heavy atom. The average molecular weight is 310 g/mol. The molecular formula is C24H22. The van der Waals surface area contributed by atoms with Crippen molar-refractivity contribution in [1.29, 1.82) is 0 Å². The van der Waals surface area contributed by atoms with Gasteiger partial charge in [-0.25, -0.2) is 0 Å². The van der Waals surface area contributed by atoms with Crippen molar-refractivity contribution in [3.05, 3.63) is 71.3 Å². The average Bonchev–Trinajstić information content (AvgIpc) is 3.04. The van der Waals surface area contributed by atoms with E-state index >= 15 is 0 Å². The van der Waals surface area contributed by atoms with Crippen LogP contribution >= 0.6 is 0 Å². The Morgan fingerprint density at radius 1 is 0.750 bits per heavy atom. The van der Waals surface area contributed by atoms with Gasteiger partial charge in [0.15, 0.2) is 0 Å². The molecule has 0 amide bonds. The third-order valence-corrected chi connectivity index (χ3v) is 6.10. The molecule has 0 saturated heterocycles. The molecule has 0 saturated carbocycles. The summed E-state index contributed by atoms with van der Waals surface area (Å²) in [5, 5.41) is 8.43. The van der Waals surface area contributed by atoms with Crippen LogP contribution in [0.3, 0.4) is 0 Å². The van der Waals surface area contributed by atoms with Gasteiger partial charge in [-0.2, -0.15) is 0 Å². The van der Waals surface area contributed by atoms with Crippen LogP contribution < -0.4 is 0 Å². The van der Waals surface area contributed by atoms with Crippen LogP contribution in [0.4, 0.5) is 0 Å². The van der Waals surface area contributed by atoms with Gasteiger partial charge < -0.3 is 0 Å². The second kappa shape index (κ2) is 5.08. The first-order chi connectivity index (χ1) is 11.8. The lowest BCUT2D eigenvalue weighted by Gasteiger charge is -2.13. The molecule has 0 unspecified atom stereocenters. The first-order valence-corrected chi connectivity index (χ1v) is 9.14. The minimum absolute atomic E-state index is 0.763. The second-order valence-electron chi connectivity index (χ2n) is 7.27. The maximum absolute atomic E-state index is 2.40. The van der Waals surface area contributed by atoms with Gasteiger partial charge >= 0.3 is 0 Å². The van der Waals surface area contributed by atoms with E-state index < -0.39 is 0 Å². The quantitative estimate of drug-likeness (QED) is 0.336. The van der Waals surface area contributed by atoms with Gasteiger partial charge in [0, 0.05) is 0 Å². The molecule has 1 aliphatic rings. The summed E-state index contributed by atoms with van der Waals surface area (Å²) in [5.41, 5.74) is 4.56. The molecule has 4 aromatic rings. The highest BCUT2D eigenvalue weighted by atomic mass is 14.3. The van der Waals surface area contributed by atoms with Crippen LogP contribution in [-0.2, 0) is 6.42 Å². The van der Waals surface area contributed by atoms with Crippen molar-refractivity contribution in [3.8, 4) is 0 Å². The van der Waals surface area contributed by atoms with Crippen LogP contribution in [0, 0.1) is 6.92 Å². The molecule has 0 bridgehead atoms. The summed E-state index contributed by atoms with van der Waals surface area (Å²) in [6.07, 6.45) is 3.82. The summed E-state index contributed by atoms with van der Waals surface area (Å²) in [6.45, 7) is 4.52. The highest BCUT2D eigenvalue weighted by Gasteiger charge is 2.23. The summed E-state index contributed by atoms with van der Waals surface area (Å²) < 4.78 is 0. The topological polar surface area (TPSA) is 0 Å². The largest absolute Gasteiger partial charge is 0.0648 e. The maximum atomic E-state index is 2.40. The SMILES string of the molecule is CC[C@H]1CCc2c1ccc1c2ccc2c3cccc(C)c3ccc12. The molecule has 0 nitrogen and oxygen atoms in total. The Kier molecular flexibility index (Phi) is 2.97. The molecule has 1 atom stereocenters. The van der Waals surface area contributed by atoms with Crippen molar-refractivity contribution in [3.63, 3.8) is 0 Å². The summed E-state index contributed by atoms with van der Waals surface area (Å²) in [5.74, 6) is 0.763. The molecule has 118 valence electrons. The number of hydrogen-bond donors (Lipinski definition) is 0. The Hall–Kier alpha value is -2.34. The molecule has 0 radical (unpaired) electrons. The summed E-state index contributed by atoms with van der Waals surface area (Å²) in [7, 11) is 0. The number of benzene rings is 4. The van der Waals surface area contributed by atoms with Crippen molar-refractivity contribution < 1.29 is 0 Å². The summed E-state index contributed by atoms with van der Waals surface area (Å²) in [4.78, 5) is 0. The van der Waals surface area contributed by atoms with Gasteiger partial charge in [-0.1, -0.05) is 61.5 Å². The fourth-order valence-corrected chi connectivity index (χ4v) is 4.79. The zero-order chi connectivity index (χ0) is 16.3. The number of fused-ring (bicyclic) bond motifs is 7. The van der Waals surface area contributed by atoms with Gasteiger partial charge in [0.05, 0.1) is 0 Å². The molecule has 4 aromatic carbocycles. The number of rotatable bonds is 1. The lowest BCUT2D eigenvalue weighted by atomic mass is 9.91. The van der Waals surface area contributed by atoms with Gasteiger partial charge in [-0.15, -0.1) is 0 Å². The van der Waals surface area contributed by atoms with Gasteiger partial charge in [0.1, 0.15) is 0 Å². The van der Waals surface area contributed by atoms with Gasteiger partial charge in [0.2, 0.25) is 0 Å². The Balaban J connectivity index is 1.89. The van der Waals surface area contributed by atoms with E-state index in [4.69, 9.17) is 0 Å². The number of aryl methyl sites for hydroxylation is 2. The van der Waals surface area contributed by atoms with Gasteiger partial charge in [0.25, 0.3) is 0 Å². The van der Waals surface area contributed by atoms with Gasteiger partial charge in [-0.05, 0) is 81.1 Å². The molecule has 24 heavy (non-hydrogen) atoms. The molecule has 0 aromatic heterocycles. The van der Waals surface area contributed by atoms with E-state index in [1.165, 1.54) is 57.1 Å². The van der Waals surface area contributed by atoms with E-state index in [1.54, 1.807) is 11.1 Å². The first kappa shape index (κ1) is 14.0. The molecule has 0 heterocycles. The fourth-order valence-electron chi connectivity index (χ4n) is 4.79. The predicted octanol–water partition coefficient (Wildman–Crippen LogP) is 6.89. The molecule has 0 heteroatoms. The maximum Gasteiger partial charge on any atom is -0.00989 e. The fraction of sp³-hybridized carbons (Fsp3) is 0.250. The lowest BCUT2D eigenvalue weighted by molar-refractivity contribution is 0.656. The molecule has 5 rings (SSSR count). The van der Waals surface area contributed by atoms with E-state index in [0.717, 1.165) is 5.92 Å². The van der Waals surface area contributed by atoms with E-state index in [-0.39, 0.29) is 0 Å². The van der Waals surface area contributed by atoms with Crippen molar-refractivity contribution in [2.45, 2.75) is 39.0 Å². The smallest absolute Gasteiger partial charge is 0.00989 e. The second-order valence-corrected chi connectivity index (χ2v) is 7.27. The van der Waals surface area contributed by atoms with Crippen molar-refractivity contribution in [1.82, 2.24) is 0 Å². The van der Waals surface area contributed by atoms with Crippen molar-refractivity contribution in [2.24, 2.45) is 0 Å². The Labute approximate surface area is 143 Å². The molecule has 0 aliphatic heterocycles. The summed E-state index contributed by atoms with van der Waals surface area (Å²) >= 11 is 0. The third-order valence-electron chi connectivity index (χ3n) is 6.10. The highest BCUT2D eigenvalue weighted by Crippen LogP contribution is 2.41. The number of hydrogen-bond acceptors (Lipinski definition) is 0. The normalized spacial score (nSPS) is 17.0. The molecule has 0 N–H and O–H groups in total. The van der Waals surface area contributed by atoms with Crippen LogP contribution in [0.15, 0.2) is 54.6 Å². The van der Waals surface area contributed by atoms with Gasteiger partial charge in [-0.3, -0.25) is 0 Å². The van der Waals surface area contributed by atoms with E-state index in [2.05, 4.69) is 68.4 Å². The molecule has 1 aliphatic carbocycles. The van der Waals surface area contributed by atoms with E-state index in [0.29, 0.717) is 0 Å². The van der Waals surface area contributed by atoms with Crippen LogP contribution in [0.1, 0.15) is 42.4 Å².